The van der Waals surface area contributed by atoms with Crippen LogP contribution in [0.2, 0.25) is 5.02 Å². The lowest BCUT2D eigenvalue weighted by Crippen LogP contribution is -2.26. The van der Waals surface area contributed by atoms with Crippen LogP contribution >= 0.6 is 11.6 Å². The van der Waals surface area contributed by atoms with E-state index in [0.717, 1.165) is 5.56 Å². The molecule has 138 valence electrons. The summed E-state index contributed by atoms with van der Waals surface area (Å²) in [5, 5.41) is 6.65. The highest BCUT2D eigenvalue weighted by molar-refractivity contribution is 7.91. The molecule has 8 heteroatoms. The second-order valence-corrected chi connectivity index (χ2v) is 8.97. The second kappa shape index (κ2) is 8.05. The number of nitrogens with zero attached hydrogens (tertiary/aromatic N) is 1. The van der Waals surface area contributed by atoms with E-state index in [2.05, 4.69) is 15.6 Å². The minimum Gasteiger partial charge on any atom is -0.366 e. The maximum Gasteiger partial charge on any atom is 0.251 e. The van der Waals surface area contributed by atoms with Gasteiger partial charge in [-0.2, -0.15) is 0 Å². The molecule has 2 N–H and O–H groups in total. The highest BCUT2D eigenvalue weighted by atomic mass is 35.5. The number of carbonyl (C=O) groups excluding carboxylic acids is 1. The molecule has 1 aliphatic rings. The maximum atomic E-state index is 12.3. The number of halogens is 1. The second-order valence-electron chi connectivity index (χ2n) is 6.31. The van der Waals surface area contributed by atoms with Gasteiger partial charge in [-0.15, -0.1) is 0 Å². The van der Waals surface area contributed by atoms with Gasteiger partial charge in [0.15, 0.2) is 9.84 Å². The van der Waals surface area contributed by atoms with Gasteiger partial charge in [-0.25, -0.2) is 13.4 Å². The fourth-order valence-electron chi connectivity index (χ4n) is 2.84. The Bertz CT molecular complexity index is 885. The Morgan fingerprint density at radius 3 is 2.69 bits per heavy atom. The van der Waals surface area contributed by atoms with Crippen molar-refractivity contribution in [2.24, 2.45) is 0 Å². The average molecular weight is 394 g/mol. The van der Waals surface area contributed by atoms with Crippen molar-refractivity contribution in [3.63, 3.8) is 0 Å². The summed E-state index contributed by atoms with van der Waals surface area (Å²) in [6.07, 6.45) is 2.81. The van der Waals surface area contributed by atoms with Gasteiger partial charge in [0.2, 0.25) is 0 Å². The monoisotopic (exact) mass is 393 g/mol. The van der Waals surface area contributed by atoms with Crippen LogP contribution in [0, 0.1) is 0 Å². The fraction of sp³-hybridized carbons (Fsp3) is 0.333. The lowest BCUT2D eigenvalue weighted by molar-refractivity contribution is 0.0954. The molecular formula is C18H20ClN3O3S. The fourth-order valence-corrected chi connectivity index (χ4v) is 4.64. The lowest BCUT2D eigenvalue weighted by Gasteiger charge is -2.12. The quantitative estimate of drug-likeness (QED) is 0.786. The topological polar surface area (TPSA) is 88.2 Å². The molecule has 3 rings (SSSR count). The van der Waals surface area contributed by atoms with Crippen LogP contribution in [0.4, 0.5) is 5.82 Å². The van der Waals surface area contributed by atoms with E-state index in [4.69, 9.17) is 11.6 Å². The van der Waals surface area contributed by atoms with Crippen molar-refractivity contribution in [2.45, 2.75) is 18.9 Å². The largest absolute Gasteiger partial charge is 0.366 e. The van der Waals surface area contributed by atoms with Crippen molar-refractivity contribution < 1.29 is 13.2 Å². The molecule has 1 atom stereocenters. The van der Waals surface area contributed by atoms with E-state index < -0.39 is 9.84 Å². The first-order valence-electron chi connectivity index (χ1n) is 8.37. The third-order valence-corrected chi connectivity index (χ3v) is 6.24. The van der Waals surface area contributed by atoms with E-state index in [0.29, 0.717) is 35.8 Å². The van der Waals surface area contributed by atoms with Gasteiger partial charge in [-0.1, -0.05) is 23.7 Å². The van der Waals surface area contributed by atoms with Crippen LogP contribution in [-0.2, 0) is 16.3 Å². The van der Waals surface area contributed by atoms with E-state index in [1.807, 2.05) is 24.3 Å². The SMILES string of the molecule is O=C(NCCc1ccc(Cl)cc1)c1ccnc(NC2CCS(=O)(=O)C2)c1. The molecule has 1 unspecified atom stereocenters. The molecule has 0 spiro atoms. The Morgan fingerprint density at radius 2 is 2.00 bits per heavy atom. The Labute approximate surface area is 157 Å². The summed E-state index contributed by atoms with van der Waals surface area (Å²) < 4.78 is 23.1. The first-order chi connectivity index (χ1) is 12.4. The van der Waals surface area contributed by atoms with E-state index in [9.17, 15) is 13.2 Å². The summed E-state index contributed by atoms with van der Waals surface area (Å²) >= 11 is 5.85. The van der Waals surface area contributed by atoms with Gasteiger partial charge in [-0.3, -0.25) is 4.79 Å². The lowest BCUT2D eigenvalue weighted by atomic mass is 10.1. The summed E-state index contributed by atoms with van der Waals surface area (Å²) in [6.45, 7) is 0.506. The van der Waals surface area contributed by atoms with Crippen molar-refractivity contribution in [3.05, 3.63) is 58.7 Å². The molecule has 1 amide bonds. The zero-order valence-corrected chi connectivity index (χ0v) is 15.7. The van der Waals surface area contributed by atoms with Crippen LogP contribution in [0.25, 0.3) is 0 Å². The number of sulfone groups is 1. The first-order valence-corrected chi connectivity index (χ1v) is 10.6. The molecule has 0 aliphatic carbocycles. The van der Waals surface area contributed by atoms with Crippen LogP contribution < -0.4 is 10.6 Å². The average Bonchev–Trinajstić information content (AvgIpc) is 2.95. The molecule has 1 fully saturated rings. The summed E-state index contributed by atoms with van der Waals surface area (Å²) in [6, 6.07) is 10.6. The molecular weight excluding hydrogens is 374 g/mol. The number of hydrogen-bond acceptors (Lipinski definition) is 5. The van der Waals surface area contributed by atoms with Crippen molar-refractivity contribution in [1.82, 2.24) is 10.3 Å². The van der Waals surface area contributed by atoms with Gasteiger partial charge in [-0.05, 0) is 42.7 Å². The van der Waals surface area contributed by atoms with E-state index in [-0.39, 0.29) is 23.5 Å². The molecule has 26 heavy (non-hydrogen) atoms. The van der Waals surface area contributed by atoms with Crippen LogP contribution in [0.5, 0.6) is 0 Å². The molecule has 1 aromatic carbocycles. The van der Waals surface area contributed by atoms with Gasteiger partial charge in [0, 0.05) is 29.4 Å². The molecule has 0 radical (unpaired) electrons. The van der Waals surface area contributed by atoms with Crippen LogP contribution in [0.15, 0.2) is 42.6 Å². The smallest absolute Gasteiger partial charge is 0.251 e. The van der Waals surface area contributed by atoms with Gasteiger partial charge >= 0.3 is 0 Å². The third kappa shape index (κ3) is 5.19. The number of nitrogens with one attached hydrogen (secondary N) is 2. The number of benzene rings is 1. The van der Waals surface area contributed by atoms with Crippen LogP contribution in [0.3, 0.4) is 0 Å². The van der Waals surface area contributed by atoms with E-state index in [1.165, 1.54) is 0 Å². The number of rotatable bonds is 6. The number of pyridine rings is 1. The zero-order valence-electron chi connectivity index (χ0n) is 14.1. The Kier molecular flexibility index (Phi) is 5.78. The van der Waals surface area contributed by atoms with Gasteiger partial charge in [0.1, 0.15) is 5.82 Å². The van der Waals surface area contributed by atoms with Crippen LogP contribution in [-0.4, -0.2) is 43.4 Å². The van der Waals surface area contributed by atoms with Crippen molar-refractivity contribution in [1.29, 1.82) is 0 Å². The van der Waals surface area contributed by atoms with Gasteiger partial charge < -0.3 is 10.6 Å². The first kappa shape index (κ1) is 18.7. The molecule has 1 saturated heterocycles. The molecule has 1 aliphatic heterocycles. The maximum absolute atomic E-state index is 12.3. The molecule has 6 nitrogen and oxygen atoms in total. The predicted octanol–water partition coefficient (Wildman–Crippen LogP) is 2.31. The highest BCUT2D eigenvalue weighted by Gasteiger charge is 2.27. The predicted molar refractivity (Wildman–Crippen MR) is 102 cm³/mol. The number of carbonyl (C=O) groups is 1. The van der Waals surface area contributed by atoms with Gasteiger partial charge in [0.05, 0.1) is 11.5 Å². The summed E-state index contributed by atoms with van der Waals surface area (Å²) in [4.78, 5) is 16.5. The highest BCUT2D eigenvalue weighted by Crippen LogP contribution is 2.17. The number of amides is 1. The Balaban J connectivity index is 1.53. The molecule has 2 aromatic rings. The van der Waals surface area contributed by atoms with Crippen LogP contribution in [0.1, 0.15) is 22.3 Å². The minimum atomic E-state index is -2.96. The van der Waals surface area contributed by atoms with E-state index >= 15 is 0 Å². The summed E-state index contributed by atoms with van der Waals surface area (Å²) in [5.74, 6) is 0.614. The molecule has 0 bridgehead atoms. The molecule has 2 heterocycles. The number of anilines is 1. The molecule has 0 saturated carbocycles. The van der Waals surface area contributed by atoms with E-state index in [1.54, 1.807) is 18.3 Å². The minimum absolute atomic E-state index is 0.103. The van der Waals surface area contributed by atoms with Crippen molar-refractivity contribution in [2.75, 3.05) is 23.4 Å². The Hall–Kier alpha value is -2.12. The number of aromatic nitrogens is 1. The zero-order chi connectivity index (χ0) is 18.6. The third-order valence-electron chi connectivity index (χ3n) is 4.22. The number of hydrogen-bond donors (Lipinski definition) is 2. The van der Waals surface area contributed by atoms with Crippen molar-refractivity contribution >= 4 is 33.2 Å². The summed E-state index contributed by atoms with van der Waals surface area (Å²) in [7, 11) is -2.96. The standard InChI is InChI=1S/C18H20ClN3O3S/c19-15-3-1-13(2-4-15)5-8-21-18(23)14-6-9-20-17(11-14)22-16-7-10-26(24,25)12-16/h1-4,6,9,11,16H,5,7-8,10,12H2,(H,20,22)(H,21,23). The van der Waals surface area contributed by atoms with Crippen molar-refractivity contribution in [3.8, 4) is 0 Å². The van der Waals surface area contributed by atoms with Gasteiger partial charge in [0.25, 0.3) is 5.91 Å². The normalized spacial score (nSPS) is 18.4. The summed E-state index contributed by atoms with van der Waals surface area (Å²) in [5.41, 5.74) is 1.58. The Morgan fingerprint density at radius 1 is 1.23 bits per heavy atom. The molecule has 1 aromatic heterocycles.